The Bertz CT molecular complexity index is 800. The van der Waals surface area contributed by atoms with E-state index in [9.17, 15) is 0 Å². The Morgan fingerprint density at radius 3 is 2.32 bits per heavy atom. The van der Waals surface area contributed by atoms with Crippen molar-refractivity contribution in [2.24, 2.45) is 52.3 Å². The van der Waals surface area contributed by atoms with Crippen molar-refractivity contribution in [2.75, 3.05) is 0 Å². The fraction of sp³-hybridized carbons (Fsp3) is 0.818. The van der Waals surface area contributed by atoms with Crippen molar-refractivity contribution in [2.45, 2.75) is 116 Å². The molecule has 4 aliphatic rings. The zero-order valence-electron chi connectivity index (χ0n) is 22.9. The molecule has 4 fully saturated rings. The molecule has 9 atom stereocenters. The zero-order chi connectivity index (χ0) is 23.9. The van der Waals surface area contributed by atoms with E-state index in [1.54, 1.807) is 48.6 Å². The Hall–Kier alpha value is 0.00961. The Kier molecular flexibility index (Phi) is 7.85. The van der Waals surface area contributed by atoms with Gasteiger partial charge < -0.3 is 0 Å². The van der Waals surface area contributed by atoms with Crippen LogP contribution in [0.25, 0.3) is 0 Å². The van der Waals surface area contributed by atoms with Gasteiger partial charge in [-0.25, -0.2) is 0 Å². The molecule has 0 N–H and O–H groups in total. The van der Waals surface area contributed by atoms with Crippen LogP contribution in [-0.4, -0.2) is 20.9 Å². The first-order valence-corrected chi connectivity index (χ1v) is 17.5. The van der Waals surface area contributed by atoms with Crippen molar-refractivity contribution in [1.29, 1.82) is 0 Å². The summed E-state index contributed by atoms with van der Waals surface area (Å²) < 4.78 is 2.75. The van der Waals surface area contributed by atoms with E-state index in [1.165, 1.54) is 32.1 Å². The van der Waals surface area contributed by atoms with Gasteiger partial charge >= 0.3 is 197 Å². The predicted octanol–water partition coefficient (Wildman–Crippen LogP) is 8.93. The van der Waals surface area contributed by atoms with Gasteiger partial charge in [-0.3, -0.25) is 0 Å². The Morgan fingerprint density at radius 1 is 0.824 bits per heavy atom. The number of hydrogen-bond acceptors (Lipinski definition) is 0. The standard InChI is InChI=1S/C33H52Te/c1-23(2)10-9-11-24(3)29-16-17-30-28-15-14-25-22-27(34-26-12-7-6-8-13-26)18-20-32(25,4)31(28)19-21-33(29,30)5/h6-8,12-13,23-25,27-31H,9-11,14-22H2,1-5H3/t24-,25?,27-,28+,29-,30+,31+,32+,33-/m1/s1. The summed E-state index contributed by atoms with van der Waals surface area (Å²) in [7, 11) is 0. The number of hydrogen-bond donors (Lipinski definition) is 0. The molecule has 1 aromatic carbocycles. The molecule has 5 rings (SSSR count). The quantitative estimate of drug-likeness (QED) is 0.285. The second kappa shape index (κ2) is 10.4. The summed E-state index contributed by atoms with van der Waals surface area (Å²) in [6.45, 7) is 13.0. The summed E-state index contributed by atoms with van der Waals surface area (Å²) in [6, 6.07) is 11.5. The van der Waals surface area contributed by atoms with E-state index in [-0.39, 0.29) is 20.9 Å². The molecule has 0 spiro atoms. The zero-order valence-corrected chi connectivity index (χ0v) is 25.2. The Morgan fingerprint density at radius 2 is 1.56 bits per heavy atom. The fourth-order valence-corrected chi connectivity index (χ4v) is 13.6. The number of benzene rings is 1. The monoisotopic (exact) mass is 578 g/mol. The summed E-state index contributed by atoms with van der Waals surface area (Å²) in [5.41, 5.74) is 1.31. The molecule has 4 saturated carbocycles. The minimum absolute atomic E-state index is 0.0183. The second-order valence-electron chi connectivity index (χ2n) is 14.0. The topological polar surface area (TPSA) is 0 Å². The third kappa shape index (κ3) is 4.81. The van der Waals surface area contributed by atoms with Gasteiger partial charge in [0.05, 0.1) is 0 Å². The Balaban J connectivity index is 1.24. The van der Waals surface area contributed by atoms with Gasteiger partial charge in [-0.15, -0.1) is 0 Å². The van der Waals surface area contributed by atoms with Crippen molar-refractivity contribution < 1.29 is 0 Å². The summed E-state index contributed by atoms with van der Waals surface area (Å²) in [5, 5.41) is 0. The summed E-state index contributed by atoms with van der Waals surface area (Å²) >= 11 is -0.0183. The van der Waals surface area contributed by atoms with Gasteiger partial charge in [0.1, 0.15) is 0 Å². The third-order valence-corrected chi connectivity index (χ3v) is 15.6. The van der Waals surface area contributed by atoms with Crippen LogP contribution in [0.5, 0.6) is 0 Å². The molecule has 0 radical (unpaired) electrons. The van der Waals surface area contributed by atoms with Crippen molar-refractivity contribution in [3.05, 3.63) is 30.3 Å². The summed E-state index contributed by atoms with van der Waals surface area (Å²) in [6.07, 6.45) is 18.3. The maximum atomic E-state index is 2.78. The summed E-state index contributed by atoms with van der Waals surface area (Å²) in [4.78, 5) is 0. The molecular formula is C33H52Te. The van der Waals surface area contributed by atoms with Crippen LogP contribution in [-0.2, 0) is 0 Å². The van der Waals surface area contributed by atoms with Gasteiger partial charge in [-0.2, -0.15) is 0 Å². The van der Waals surface area contributed by atoms with Gasteiger partial charge in [0.25, 0.3) is 0 Å². The van der Waals surface area contributed by atoms with E-state index in [4.69, 9.17) is 0 Å². The van der Waals surface area contributed by atoms with E-state index in [1.807, 2.05) is 0 Å². The van der Waals surface area contributed by atoms with Crippen LogP contribution in [0.4, 0.5) is 0 Å². The van der Waals surface area contributed by atoms with E-state index in [0.717, 1.165) is 45.4 Å². The van der Waals surface area contributed by atoms with E-state index >= 15 is 0 Å². The van der Waals surface area contributed by atoms with Crippen molar-refractivity contribution in [3.63, 3.8) is 0 Å². The van der Waals surface area contributed by atoms with Crippen molar-refractivity contribution >= 4 is 24.5 Å². The Labute approximate surface area is 221 Å². The van der Waals surface area contributed by atoms with Crippen LogP contribution in [0.15, 0.2) is 30.3 Å². The van der Waals surface area contributed by atoms with Crippen molar-refractivity contribution in [3.8, 4) is 0 Å². The molecule has 0 heterocycles. The summed E-state index contributed by atoms with van der Waals surface area (Å²) in [5.74, 6) is 6.97. The van der Waals surface area contributed by atoms with Crippen LogP contribution in [0.2, 0.25) is 3.97 Å². The minimum atomic E-state index is -0.0183. The SMILES string of the molecule is CC(C)CCC[C@@H](C)[C@H]1CC[C@H]2[C@@H]3CCC4C[C@H]([Te]c5ccccc5)CC[C@]4(C)[C@H]3CC[C@]12C. The molecule has 0 bridgehead atoms. The molecule has 0 aliphatic heterocycles. The molecule has 34 heavy (non-hydrogen) atoms. The average molecular weight is 576 g/mol. The molecule has 1 unspecified atom stereocenters. The first-order valence-electron chi connectivity index (χ1n) is 15.0. The second-order valence-corrected chi connectivity index (χ2v) is 17.9. The molecule has 0 aromatic heterocycles. The van der Waals surface area contributed by atoms with Gasteiger partial charge in [0, 0.05) is 0 Å². The molecule has 0 amide bonds. The van der Waals surface area contributed by atoms with Crippen molar-refractivity contribution in [1.82, 2.24) is 0 Å². The van der Waals surface area contributed by atoms with Gasteiger partial charge in [-0.1, -0.05) is 20.3 Å². The van der Waals surface area contributed by atoms with E-state index in [0.29, 0.717) is 10.8 Å². The van der Waals surface area contributed by atoms with Crippen LogP contribution >= 0.6 is 0 Å². The first-order chi connectivity index (χ1) is 16.3. The normalized spacial score (nSPS) is 42.6. The molecule has 4 aliphatic carbocycles. The van der Waals surface area contributed by atoms with E-state index < -0.39 is 0 Å². The van der Waals surface area contributed by atoms with Crippen LogP contribution in [0, 0.1) is 52.3 Å². The first kappa shape index (κ1) is 25.7. The maximum absolute atomic E-state index is 2.78. The van der Waals surface area contributed by atoms with Crippen LogP contribution in [0.3, 0.4) is 0 Å². The molecular weight excluding hydrogens is 524 g/mol. The third-order valence-electron chi connectivity index (χ3n) is 11.9. The van der Waals surface area contributed by atoms with Gasteiger partial charge in [0.2, 0.25) is 0 Å². The molecule has 0 saturated heterocycles. The van der Waals surface area contributed by atoms with Gasteiger partial charge in [0.15, 0.2) is 0 Å². The van der Waals surface area contributed by atoms with Gasteiger partial charge in [-0.05, 0) is 5.92 Å². The molecule has 1 heteroatoms. The molecule has 0 nitrogen and oxygen atoms in total. The predicted molar refractivity (Wildman–Crippen MR) is 149 cm³/mol. The number of fused-ring (bicyclic) bond motifs is 5. The fourth-order valence-electron chi connectivity index (χ4n) is 10.0. The molecule has 190 valence electrons. The van der Waals surface area contributed by atoms with E-state index in [2.05, 4.69) is 65.0 Å². The van der Waals surface area contributed by atoms with Crippen LogP contribution < -0.4 is 3.61 Å². The average Bonchev–Trinajstić information content (AvgIpc) is 3.17. The molecule has 1 aromatic rings. The van der Waals surface area contributed by atoms with Crippen LogP contribution in [0.1, 0.15) is 112 Å². The number of rotatable bonds is 7.